The van der Waals surface area contributed by atoms with Gasteiger partial charge in [-0.3, -0.25) is 4.90 Å². The van der Waals surface area contributed by atoms with Gasteiger partial charge in [0.2, 0.25) is 5.88 Å². The Labute approximate surface area is 109 Å². The lowest BCUT2D eigenvalue weighted by Gasteiger charge is -2.35. The minimum absolute atomic E-state index is 0.273. The number of likely N-dealkylation sites (tertiary alicyclic amines) is 1. The van der Waals surface area contributed by atoms with Gasteiger partial charge in [-0.05, 0) is 38.3 Å². The van der Waals surface area contributed by atoms with E-state index >= 15 is 0 Å². The smallest absolute Gasteiger partial charge is 0.213 e. The zero-order chi connectivity index (χ0) is 13.0. The molecule has 0 radical (unpaired) electrons. The Balaban J connectivity index is 2.07. The Morgan fingerprint density at radius 1 is 1.56 bits per heavy atom. The van der Waals surface area contributed by atoms with Crippen LogP contribution in [0, 0.1) is 5.92 Å². The number of nitrogens with zero attached hydrogens (tertiary/aromatic N) is 2. The topological polar surface area (TPSA) is 45.6 Å². The number of aliphatic hydroxyl groups is 1. The van der Waals surface area contributed by atoms with Crippen LogP contribution in [-0.4, -0.2) is 41.8 Å². The fraction of sp³-hybridized carbons (Fsp3) is 0.643. The Hall–Kier alpha value is -1.13. The number of pyridine rings is 1. The summed E-state index contributed by atoms with van der Waals surface area (Å²) in [6, 6.07) is 6.15. The molecule has 0 saturated carbocycles. The van der Waals surface area contributed by atoms with Crippen LogP contribution < -0.4 is 4.74 Å². The van der Waals surface area contributed by atoms with E-state index in [0.717, 1.165) is 31.6 Å². The van der Waals surface area contributed by atoms with Crippen LogP contribution in [0.3, 0.4) is 0 Å². The Kier molecular flexibility index (Phi) is 4.55. The first-order valence-electron chi connectivity index (χ1n) is 6.60. The first-order valence-corrected chi connectivity index (χ1v) is 6.60. The number of aromatic nitrogens is 1. The van der Waals surface area contributed by atoms with E-state index < -0.39 is 0 Å². The molecule has 2 unspecified atom stereocenters. The van der Waals surface area contributed by atoms with Gasteiger partial charge in [0.25, 0.3) is 0 Å². The maximum atomic E-state index is 9.28. The Morgan fingerprint density at radius 3 is 3.11 bits per heavy atom. The monoisotopic (exact) mass is 250 g/mol. The van der Waals surface area contributed by atoms with Gasteiger partial charge >= 0.3 is 0 Å². The molecule has 2 heterocycles. The van der Waals surface area contributed by atoms with Crippen molar-refractivity contribution < 1.29 is 9.84 Å². The number of piperidine rings is 1. The quantitative estimate of drug-likeness (QED) is 0.886. The second-order valence-corrected chi connectivity index (χ2v) is 4.97. The van der Waals surface area contributed by atoms with Crippen LogP contribution >= 0.6 is 0 Å². The summed E-state index contributed by atoms with van der Waals surface area (Å²) >= 11 is 0. The Bertz CT molecular complexity index is 384. The molecule has 1 aliphatic rings. The predicted octanol–water partition coefficient (Wildman–Crippen LogP) is 1.86. The standard InChI is InChI=1S/C14H22N2O2/c1-11(13-6-3-7-14(15-13)18-2)16-8-4-5-12(9-16)10-17/h3,6-7,11-12,17H,4-5,8-10H2,1-2H3. The van der Waals surface area contributed by atoms with Crippen molar-refractivity contribution in [1.82, 2.24) is 9.88 Å². The molecule has 18 heavy (non-hydrogen) atoms. The predicted molar refractivity (Wildman–Crippen MR) is 70.6 cm³/mol. The summed E-state index contributed by atoms with van der Waals surface area (Å²) < 4.78 is 5.17. The van der Waals surface area contributed by atoms with Gasteiger partial charge in [-0.15, -0.1) is 0 Å². The SMILES string of the molecule is COc1cccc(C(C)N2CCCC(CO)C2)n1. The summed E-state index contributed by atoms with van der Waals surface area (Å²) in [5.74, 6) is 1.07. The van der Waals surface area contributed by atoms with E-state index in [-0.39, 0.29) is 12.6 Å². The first kappa shape index (κ1) is 13.3. The van der Waals surface area contributed by atoms with Crippen molar-refractivity contribution in [3.8, 4) is 5.88 Å². The number of rotatable bonds is 4. The average Bonchev–Trinajstić information content (AvgIpc) is 2.46. The minimum Gasteiger partial charge on any atom is -0.481 e. The van der Waals surface area contributed by atoms with Gasteiger partial charge in [0.05, 0.1) is 12.8 Å². The van der Waals surface area contributed by atoms with Crippen LogP contribution in [0.4, 0.5) is 0 Å². The zero-order valence-electron chi connectivity index (χ0n) is 11.2. The van der Waals surface area contributed by atoms with E-state index in [2.05, 4.69) is 16.8 Å². The number of hydrogen-bond acceptors (Lipinski definition) is 4. The normalized spacial score (nSPS) is 22.7. The molecule has 1 aromatic heterocycles. The molecule has 1 N–H and O–H groups in total. The van der Waals surface area contributed by atoms with Gasteiger partial charge in [-0.1, -0.05) is 6.07 Å². The lowest BCUT2D eigenvalue weighted by molar-refractivity contribution is 0.0920. The molecule has 4 nitrogen and oxygen atoms in total. The van der Waals surface area contributed by atoms with Crippen molar-refractivity contribution in [1.29, 1.82) is 0 Å². The molecule has 2 atom stereocenters. The maximum Gasteiger partial charge on any atom is 0.213 e. The van der Waals surface area contributed by atoms with Gasteiger partial charge in [0.15, 0.2) is 0 Å². The molecular weight excluding hydrogens is 228 g/mol. The largest absolute Gasteiger partial charge is 0.481 e. The number of ether oxygens (including phenoxy) is 1. The van der Waals surface area contributed by atoms with E-state index in [1.54, 1.807) is 7.11 Å². The molecule has 1 saturated heterocycles. The lowest BCUT2D eigenvalue weighted by atomic mass is 9.97. The average molecular weight is 250 g/mol. The molecule has 100 valence electrons. The number of hydrogen-bond donors (Lipinski definition) is 1. The van der Waals surface area contributed by atoms with Crippen LogP contribution in [0.5, 0.6) is 5.88 Å². The highest BCUT2D eigenvalue weighted by atomic mass is 16.5. The van der Waals surface area contributed by atoms with Crippen LogP contribution in [0.25, 0.3) is 0 Å². The lowest BCUT2D eigenvalue weighted by Crippen LogP contribution is -2.38. The molecule has 0 spiro atoms. The maximum absolute atomic E-state index is 9.28. The van der Waals surface area contributed by atoms with Crippen LogP contribution in [0.2, 0.25) is 0 Å². The van der Waals surface area contributed by atoms with Gasteiger partial charge < -0.3 is 9.84 Å². The van der Waals surface area contributed by atoms with Crippen molar-refractivity contribution in [2.24, 2.45) is 5.92 Å². The molecule has 0 aliphatic carbocycles. The van der Waals surface area contributed by atoms with E-state index in [1.165, 1.54) is 0 Å². The second-order valence-electron chi connectivity index (χ2n) is 4.97. The molecule has 1 fully saturated rings. The highest BCUT2D eigenvalue weighted by Gasteiger charge is 2.24. The fourth-order valence-corrected chi connectivity index (χ4v) is 2.56. The summed E-state index contributed by atoms with van der Waals surface area (Å²) in [7, 11) is 1.64. The Morgan fingerprint density at radius 2 is 2.39 bits per heavy atom. The second kappa shape index (κ2) is 6.16. The molecule has 2 rings (SSSR count). The number of aliphatic hydroxyl groups excluding tert-OH is 1. The highest BCUT2D eigenvalue weighted by molar-refractivity contribution is 5.18. The van der Waals surface area contributed by atoms with Crippen molar-refractivity contribution in [2.75, 3.05) is 26.8 Å². The van der Waals surface area contributed by atoms with Gasteiger partial charge in [0, 0.05) is 25.3 Å². The van der Waals surface area contributed by atoms with E-state index in [0.29, 0.717) is 11.8 Å². The third-order valence-electron chi connectivity index (χ3n) is 3.74. The van der Waals surface area contributed by atoms with E-state index in [4.69, 9.17) is 4.74 Å². The summed E-state index contributed by atoms with van der Waals surface area (Å²) in [4.78, 5) is 6.89. The fourth-order valence-electron chi connectivity index (χ4n) is 2.56. The molecule has 1 aliphatic heterocycles. The number of methoxy groups -OCH3 is 1. The van der Waals surface area contributed by atoms with E-state index in [9.17, 15) is 5.11 Å². The van der Waals surface area contributed by atoms with Crippen molar-refractivity contribution in [2.45, 2.75) is 25.8 Å². The van der Waals surface area contributed by atoms with Crippen molar-refractivity contribution in [3.05, 3.63) is 23.9 Å². The highest BCUT2D eigenvalue weighted by Crippen LogP contribution is 2.26. The summed E-state index contributed by atoms with van der Waals surface area (Å²) in [6.07, 6.45) is 2.28. The third kappa shape index (κ3) is 3.00. The molecular formula is C14H22N2O2. The summed E-state index contributed by atoms with van der Waals surface area (Å²) in [5.41, 5.74) is 1.04. The van der Waals surface area contributed by atoms with Crippen molar-refractivity contribution >= 4 is 0 Å². The van der Waals surface area contributed by atoms with Gasteiger partial charge in [0.1, 0.15) is 0 Å². The van der Waals surface area contributed by atoms with E-state index in [1.807, 2.05) is 18.2 Å². The molecule has 0 bridgehead atoms. The van der Waals surface area contributed by atoms with Crippen LogP contribution in [0.15, 0.2) is 18.2 Å². The van der Waals surface area contributed by atoms with Gasteiger partial charge in [-0.25, -0.2) is 4.98 Å². The molecule has 0 aromatic carbocycles. The summed E-state index contributed by atoms with van der Waals surface area (Å²) in [6.45, 7) is 4.49. The third-order valence-corrected chi connectivity index (χ3v) is 3.74. The first-order chi connectivity index (χ1) is 8.74. The van der Waals surface area contributed by atoms with Crippen LogP contribution in [-0.2, 0) is 0 Å². The molecule has 4 heteroatoms. The minimum atomic E-state index is 0.273. The molecule has 0 amide bonds. The zero-order valence-corrected chi connectivity index (χ0v) is 11.2. The van der Waals surface area contributed by atoms with Gasteiger partial charge in [-0.2, -0.15) is 0 Å². The molecule has 1 aromatic rings. The van der Waals surface area contributed by atoms with Crippen LogP contribution in [0.1, 0.15) is 31.5 Å². The van der Waals surface area contributed by atoms with Crippen molar-refractivity contribution in [3.63, 3.8) is 0 Å². The summed E-state index contributed by atoms with van der Waals surface area (Å²) in [5, 5.41) is 9.28.